The maximum absolute atomic E-state index is 12.2. The van der Waals surface area contributed by atoms with Crippen LogP contribution in [-0.2, 0) is 11.2 Å². The molecular formula is C15H18BrNO. The molecular weight excluding hydrogens is 290 g/mol. The third-order valence-electron chi connectivity index (χ3n) is 4.25. The van der Waals surface area contributed by atoms with Gasteiger partial charge in [0.15, 0.2) is 0 Å². The van der Waals surface area contributed by atoms with Crippen LogP contribution in [-0.4, -0.2) is 17.3 Å². The van der Waals surface area contributed by atoms with Gasteiger partial charge in [-0.25, -0.2) is 0 Å². The lowest BCUT2D eigenvalue weighted by atomic mass is 9.92. The van der Waals surface area contributed by atoms with E-state index >= 15 is 0 Å². The van der Waals surface area contributed by atoms with Crippen molar-refractivity contribution in [2.45, 2.75) is 31.7 Å². The second kappa shape index (κ2) is 4.69. The van der Waals surface area contributed by atoms with Crippen molar-refractivity contribution in [3.63, 3.8) is 0 Å². The minimum atomic E-state index is 0.218. The van der Waals surface area contributed by atoms with Crippen molar-refractivity contribution in [1.29, 1.82) is 0 Å². The van der Waals surface area contributed by atoms with Gasteiger partial charge in [0.05, 0.1) is 0 Å². The number of benzene rings is 1. The fourth-order valence-electron chi connectivity index (χ4n) is 3.30. The van der Waals surface area contributed by atoms with Crippen LogP contribution in [0.1, 0.15) is 30.4 Å². The normalized spacial score (nSPS) is 30.0. The van der Waals surface area contributed by atoms with Crippen LogP contribution < -0.4 is 5.32 Å². The van der Waals surface area contributed by atoms with E-state index in [0.717, 1.165) is 11.8 Å². The van der Waals surface area contributed by atoms with Crippen molar-refractivity contribution in [1.82, 2.24) is 5.32 Å². The number of hydrogen-bond acceptors (Lipinski definition) is 1. The maximum atomic E-state index is 12.2. The lowest BCUT2D eigenvalue weighted by molar-refractivity contribution is -0.123. The number of nitrogens with one attached hydrogen (secondary N) is 1. The second-order valence-electron chi connectivity index (χ2n) is 5.52. The SMILES string of the molecule is CC(CBr)NC(=O)C1C2CCc3ccccc3C21. The summed E-state index contributed by atoms with van der Waals surface area (Å²) < 4.78 is 0. The Morgan fingerprint density at radius 3 is 3.06 bits per heavy atom. The third kappa shape index (κ3) is 1.99. The van der Waals surface area contributed by atoms with E-state index in [1.54, 1.807) is 0 Å². The van der Waals surface area contributed by atoms with E-state index in [9.17, 15) is 4.79 Å². The van der Waals surface area contributed by atoms with Gasteiger partial charge in [0.1, 0.15) is 0 Å². The topological polar surface area (TPSA) is 29.1 Å². The Morgan fingerprint density at radius 1 is 1.50 bits per heavy atom. The molecule has 4 unspecified atom stereocenters. The number of halogens is 1. The van der Waals surface area contributed by atoms with Gasteiger partial charge in [-0.3, -0.25) is 4.79 Å². The summed E-state index contributed by atoms with van der Waals surface area (Å²) in [6.07, 6.45) is 2.30. The molecule has 0 aliphatic heterocycles. The zero-order chi connectivity index (χ0) is 12.7. The van der Waals surface area contributed by atoms with Crippen molar-refractivity contribution >= 4 is 21.8 Å². The summed E-state index contributed by atoms with van der Waals surface area (Å²) >= 11 is 3.40. The molecule has 0 spiro atoms. The summed E-state index contributed by atoms with van der Waals surface area (Å²) in [7, 11) is 0. The standard InChI is InChI=1S/C15H18BrNO/c1-9(8-16)17-15(18)14-12-7-6-10-4-2-3-5-11(10)13(12)14/h2-5,9,12-14H,6-8H2,1H3,(H,17,18). The van der Waals surface area contributed by atoms with Gasteiger partial charge >= 0.3 is 0 Å². The Hall–Kier alpha value is -0.830. The van der Waals surface area contributed by atoms with E-state index in [0.29, 0.717) is 11.8 Å². The first kappa shape index (κ1) is 12.2. The number of carbonyl (C=O) groups excluding carboxylic acids is 1. The first-order valence-corrected chi connectivity index (χ1v) is 7.78. The Bertz CT molecular complexity index is 473. The molecule has 0 aromatic heterocycles. The molecule has 1 fully saturated rings. The van der Waals surface area contributed by atoms with Crippen LogP contribution in [0.3, 0.4) is 0 Å². The first-order chi connectivity index (χ1) is 8.72. The first-order valence-electron chi connectivity index (χ1n) is 6.66. The van der Waals surface area contributed by atoms with Crippen molar-refractivity contribution < 1.29 is 4.79 Å². The molecule has 1 aromatic rings. The average molecular weight is 308 g/mol. The monoisotopic (exact) mass is 307 g/mol. The Balaban J connectivity index is 1.75. The Morgan fingerprint density at radius 2 is 2.28 bits per heavy atom. The molecule has 0 bridgehead atoms. The molecule has 1 amide bonds. The van der Waals surface area contributed by atoms with Gasteiger partial charge in [0, 0.05) is 17.3 Å². The zero-order valence-corrected chi connectivity index (χ0v) is 12.1. The molecule has 4 atom stereocenters. The van der Waals surface area contributed by atoms with Crippen LogP contribution in [0.15, 0.2) is 24.3 Å². The highest BCUT2D eigenvalue weighted by atomic mass is 79.9. The van der Waals surface area contributed by atoms with Crippen LogP contribution in [0.4, 0.5) is 0 Å². The van der Waals surface area contributed by atoms with Gasteiger partial charge in [-0.1, -0.05) is 40.2 Å². The van der Waals surface area contributed by atoms with Gasteiger partial charge < -0.3 is 5.32 Å². The molecule has 0 saturated heterocycles. The smallest absolute Gasteiger partial charge is 0.224 e. The molecule has 2 aliphatic carbocycles. The summed E-state index contributed by atoms with van der Waals surface area (Å²) in [6, 6.07) is 8.82. The molecule has 1 N–H and O–H groups in total. The van der Waals surface area contributed by atoms with Gasteiger partial charge in [-0.05, 0) is 42.7 Å². The van der Waals surface area contributed by atoms with E-state index in [-0.39, 0.29) is 17.9 Å². The molecule has 1 aromatic carbocycles. The second-order valence-corrected chi connectivity index (χ2v) is 6.16. The van der Waals surface area contributed by atoms with Crippen molar-refractivity contribution in [3.05, 3.63) is 35.4 Å². The quantitative estimate of drug-likeness (QED) is 0.855. The molecule has 3 heteroatoms. The number of aryl methyl sites for hydroxylation is 1. The average Bonchev–Trinajstić information content (AvgIpc) is 3.13. The van der Waals surface area contributed by atoms with Crippen LogP contribution in [0.25, 0.3) is 0 Å². The minimum absolute atomic E-state index is 0.218. The summed E-state index contributed by atoms with van der Waals surface area (Å²) in [4.78, 5) is 12.2. The summed E-state index contributed by atoms with van der Waals surface area (Å²) in [6.45, 7) is 2.03. The summed E-state index contributed by atoms with van der Waals surface area (Å²) in [5, 5.41) is 3.91. The number of hydrogen-bond donors (Lipinski definition) is 1. The minimum Gasteiger partial charge on any atom is -0.353 e. The van der Waals surface area contributed by atoms with Crippen LogP contribution in [0, 0.1) is 11.8 Å². The molecule has 0 heterocycles. The van der Waals surface area contributed by atoms with E-state index in [1.165, 1.54) is 17.5 Å². The van der Waals surface area contributed by atoms with Gasteiger partial charge in [0.25, 0.3) is 0 Å². The van der Waals surface area contributed by atoms with E-state index in [4.69, 9.17) is 0 Å². The largest absolute Gasteiger partial charge is 0.353 e. The highest BCUT2D eigenvalue weighted by molar-refractivity contribution is 9.09. The van der Waals surface area contributed by atoms with Gasteiger partial charge in [-0.2, -0.15) is 0 Å². The lowest BCUT2D eigenvalue weighted by Gasteiger charge is -2.13. The highest BCUT2D eigenvalue weighted by Crippen LogP contribution is 2.59. The van der Waals surface area contributed by atoms with Crippen LogP contribution >= 0.6 is 15.9 Å². The molecule has 18 heavy (non-hydrogen) atoms. The van der Waals surface area contributed by atoms with Crippen molar-refractivity contribution in [3.8, 4) is 0 Å². The lowest BCUT2D eigenvalue weighted by Crippen LogP contribution is -2.35. The van der Waals surface area contributed by atoms with Gasteiger partial charge in [-0.15, -0.1) is 0 Å². The Labute approximate surface area is 116 Å². The molecule has 2 nitrogen and oxygen atoms in total. The summed E-state index contributed by atoms with van der Waals surface area (Å²) in [5.41, 5.74) is 2.86. The number of alkyl halides is 1. The van der Waals surface area contributed by atoms with E-state index in [1.807, 2.05) is 6.92 Å². The number of carbonyl (C=O) groups is 1. The number of fused-ring (bicyclic) bond motifs is 3. The maximum Gasteiger partial charge on any atom is 0.224 e. The van der Waals surface area contributed by atoms with E-state index < -0.39 is 0 Å². The van der Waals surface area contributed by atoms with Gasteiger partial charge in [0.2, 0.25) is 5.91 Å². The number of rotatable bonds is 3. The molecule has 96 valence electrons. The summed E-state index contributed by atoms with van der Waals surface area (Å²) in [5.74, 6) is 1.53. The fraction of sp³-hybridized carbons (Fsp3) is 0.533. The predicted molar refractivity (Wildman–Crippen MR) is 75.9 cm³/mol. The van der Waals surface area contributed by atoms with Crippen LogP contribution in [0.2, 0.25) is 0 Å². The van der Waals surface area contributed by atoms with Crippen molar-refractivity contribution in [2.24, 2.45) is 11.8 Å². The predicted octanol–water partition coefficient (Wildman–Crippen LogP) is 2.86. The third-order valence-corrected chi connectivity index (χ3v) is 5.22. The number of amides is 1. The fourth-order valence-corrected chi connectivity index (χ4v) is 3.46. The molecule has 3 rings (SSSR count). The van der Waals surface area contributed by atoms with Crippen molar-refractivity contribution in [2.75, 3.05) is 5.33 Å². The highest BCUT2D eigenvalue weighted by Gasteiger charge is 2.56. The zero-order valence-electron chi connectivity index (χ0n) is 10.5. The molecule has 2 aliphatic rings. The van der Waals surface area contributed by atoms with E-state index in [2.05, 4.69) is 45.5 Å². The Kier molecular flexibility index (Phi) is 3.18. The van der Waals surface area contributed by atoms with Crippen LogP contribution in [0.5, 0.6) is 0 Å². The molecule has 1 saturated carbocycles. The molecule has 0 radical (unpaired) electrons.